The third-order valence-corrected chi connectivity index (χ3v) is 4.07. The van der Waals surface area contributed by atoms with Gasteiger partial charge in [0.1, 0.15) is 11.5 Å². The van der Waals surface area contributed by atoms with E-state index >= 15 is 0 Å². The predicted octanol–water partition coefficient (Wildman–Crippen LogP) is 4.83. The Balaban J connectivity index is 2.01. The van der Waals surface area contributed by atoms with Crippen molar-refractivity contribution < 1.29 is 4.39 Å². The first-order valence-corrected chi connectivity index (χ1v) is 7.77. The minimum Gasteiger partial charge on any atom is -0.303 e. The number of aromatic nitrogens is 3. The molecule has 0 radical (unpaired) electrons. The Morgan fingerprint density at radius 1 is 1.18 bits per heavy atom. The van der Waals surface area contributed by atoms with E-state index in [1.165, 1.54) is 30.8 Å². The summed E-state index contributed by atoms with van der Waals surface area (Å²) in [5.41, 5.74) is 3.85. The fourth-order valence-corrected chi connectivity index (χ4v) is 2.76. The van der Waals surface area contributed by atoms with Gasteiger partial charge in [0, 0.05) is 35.4 Å². The Labute approximate surface area is 129 Å². The summed E-state index contributed by atoms with van der Waals surface area (Å²) in [5.74, 6) is 0.135. The second-order valence-electron chi connectivity index (χ2n) is 5.76. The zero-order chi connectivity index (χ0) is 15.5. The first-order chi connectivity index (χ1) is 10.7. The second kappa shape index (κ2) is 6.26. The van der Waals surface area contributed by atoms with Crippen LogP contribution in [0, 0.1) is 5.82 Å². The summed E-state index contributed by atoms with van der Waals surface area (Å²) in [6.45, 7) is 4.44. The Morgan fingerprint density at radius 3 is 2.82 bits per heavy atom. The maximum atomic E-state index is 13.4. The van der Waals surface area contributed by atoms with E-state index in [1.807, 2.05) is 24.5 Å². The van der Waals surface area contributed by atoms with Crippen molar-refractivity contribution in [1.29, 1.82) is 0 Å². The molecule has 0 saturated heterocycles. The average Bonchev–Trinajstić information content (AvgIpc) is 2.95. The number of unbranched alkanes of at least 4 members (excludes halogenated alkanes) is 1. The largest absolute Gasteiger partial charge is 0.303 e. The van der Waals surface area contributed by atoms with Gasteiger partial charge < -0.3 is 4.40 Å². The molecule has 3 rings (SSSR count). The van der Waals surface area contributed by atoms with Crippen LogP contribution in [0.5, 0.6) is 0 Å². The molecular weight excluding hydrogens is 277 g/mol. The highest BCUT2D eigenvalue weighted by molar-refractivity contribution is 5.64. The van der Waals surface area contributed by atoms with Crippen molar-refractivity contribution in [2.75, 3.05) is 0 Å². The average molecular weight is 297 g/mol. The molecule has 3 nitrogen and oxygen atoms in total. The van der Waals surface area contributed by atoms with E-state index in [1.54, 1.807) is 6.20 Å². The van der Waals surface area contributed by atoms with E-state index in [2.05, 4.69) is 28.2 Å². The molecule has 0 spiro atoms. The third kappa shape index (κ3) is 2.86. The third-order valence-electron chi connectivity index (χ3n) is 4.07. The Morgan fingerprint density at radius 2 is 2.05 bits per heavy atom. The van der Waals surface area contributed by atoms with Crippen LogP contribution in [0.4, 0.5) is 4.39 Å². The van der Waals surface area contributed by atoms with E-state index in [0.29, 0.717) is 5.92 Å². The summed E-state index contributed by atoms with van der Waals surface area (Å²) < 4.78 is 15.5. The fraction of sp³-hybridized carbons (Fsp3) is 0.333. The van der Waals surface area contributed by atoms with Crippen molar-refractivity contribution in [2.45, 2.75) is 39.0 Å². The SMILES string of the molecule is CCCCC(C)c1cnc2ccc(-c3cncc(F)c3)cn12. The molecule has 1 unspecified atom stereocenters. The number of imidazole rings is 1. The van der Waals surface area contributed by atoms with Crippen LogP contribution in [0.25, 0.3) is 16.8 Å². The van der Waals surface area contributed by atoms with Gasteiger partial charge in [0.25, 0.3) is 0 Å². The highest BCUT2D eigenvalue weighted by Crippen LogP contribution is 2.25. The molecule has 0 saturated carbocycles. The molecule has 3 aromatic heterocycles. The van der Waals surface area contributed by atoms with Gasteiger partial charge in [-0.25, -0.2) is 9.37 Å². The van der Waals surface area contributed by atoms with E-state index < -0.39 is 0 Å². The van der Waals surface area contributed by atoms with Crippen LogP contribution in [0.2, 0.25) is 0 Å². The lowest BCUT2D eigenvalue weighted by atomic mass is 10.0. The molecule has 0 aliphatic rings. The molecular formula is C18H20FN3. The lowest BCUT2D eigenvalue weighted by Gasteiger charge is -2.11. The molecule has 4 heteroatoms. The molecule has 0 fully saturated rings. The first-order valence-electron chi connectivity index (χ1n) is 7.77. The predicted molar refractivity (Wildman–Crippen MR) is 86.3 cm³/mol. The topological polar surface area (TPSA) is 30.2 Å². The molecule has 0 aliphatic heterocycles. The van der Waals surface area contributed by atoms with Gasteiger partial charge in [0.2, 0.25) is 0 Å². The summed E-state index contributed by atoms with van der Waals surface area (Å²) >= 11 is 0. The minimum absolute atomic E-state index is 0.320. The van der Waals surface area contributed by atoms with Gasteiger partial charge in [-0.05, 0) is 30.5 Å². The number of halogens is 1. The number of hydrogen-bond donors (Lipinski definition) is 0. The fourth-order valence-electron chi connectivity index (χ4n) is 2.76. The van der Waals surface area contributed by atoms with E-state index in [4.69, 9.17) is 0 Å². The maximum Gasteiger partial charge on any atom is 0.142 e. The Kier molecular flexibility index (Phi) is 4.18. The van der Waals surface area contributed by atoms with Crippen LogP contribution in [0.15, 0.2) is 43.0 Å². The Bertz CT molecular complexity index is 779. The summed E-state index contributed by atoms with van der Waals surface area (Å²) in [7, 11) is 0. The van der Waals surface area contributed by atoms with E-state index in [-0.39, 0.29) is 5.82 Å². The zero-order valence-electron chi connectivity index (χ0n) is 13.0. The van der Waals surface area contributed by atoms with Crippen molar-refractivity contribution in [3.8, 4) is 11.1 Å². The highest BCUT2D eigenvalue weighted by Gasteiger charge is 2.12. The van der Waals surface area contributed by atoms with Crippen molar-refractivity contribution in [3.63, 3.8) is 0 Å². The number of pyridine rings is 2. The maximum absolute atomic E-state index is 13.4. The van der Waals surface area contributed by atoms with Crippen LogP contribution in [-0.4, -0.2) is 14.4 Å². The number of nitrogens with zero attached hydrogens (tertiary/aromatic N) is 3. The lowest BCUT2D eigenvalue weighted by molar-refractivity contribution is 0.608. The normalized spacial score (nSPS) is 12.7. The number of hydrogen-bond acceptors (Lipinski definition) is 2. The zero-order valence-corrected chi connectivity index (χ0v) is 13.0. The first kappa shape index (κ1) is 14.7. The molecule has 0 amide bonds. The van der Waals surface area contributed by atoms with Gasteiger partial charge in [0.05, 0.1) is 6.20 Å². The van der Waals surface area contributed by atoms with Crippen LogP contribution < -0.4 is 0 Å². The quantitative estimate of drug-likeness (QED) is 0.675. The van der Waals surface area contributed by atoms with Gasteiger partial charge in [0.15, 0.2) is 0 Å². The van der Waals surface area contributed by atoms with Crippen molar-refractivity contribution in [1.82, 2.24) is 14.4 Å². The van der Waals surface area contributed by atoms with Crippen molar-refractivity contribution in [3.05, 3.63) is 54.5 Å². The standard InChI is InChI=1S/C18H20FN3/c1-3-4-5-13(2)17-11-21-18-7-6-14(12-22(17)18)15-8-16(19)10-20-9-15/h6-13H,3-5H2,1-2H3. The van der Waals surface area contributed by atoms with Crippen molar-refractivity contribution in [2.24, 2.45) is 0 Å². The van der Waals surface area contributed by atoms with Gasteiger partial charge in [-0.2, -0.15) is 0 Å². The van der Waals surface area contributed by atoms with Gasteiger partial charge in [-0.3, -0.25) is 4.98 Å². The summed E-state index contributed by atoms with van der Waals surface area (Å²) in [6, 6.07) is 5.43. The van der Waals surface area contributed by atoms with Crippen LogP contribution in [0.3, 0.4) is 0 Å². The van der Waals surface area contributed by atoms with Crippen LogP contribution in [0.1, 0.15) is 44.7 Å². The van der Waals surface area contributed by atoms with E-state index in [0.717, 1.165) is 23.2 Å². The molecule has 0 aliphatic carbocycles. The summed E-state index contributed by atoms with van der Waals surface area (Å²) in [4.78, 5) is 8.40. The molecule has 3 heterocycles. The molecule has 0 N–H and O–H groups in total. The van der Waals surface area contributed by atoms with Crippen LogP contribution >= 0.6 is 0 Å². The van der Waals surface area contributed by atoms with Crippen LogP contribution in [-0.2, 0) is 0 Å². The Hall–Kier alpha value is -2.23. The van der Waals surface area contributed by atoms with Crippen molar-refractivity contribution >= 4 is 5.65 Å². The molecule has 0 aromatic carbocycles. The summed E-state index contributed by atoms with van der Waals surface area (Å²) in [5, 5.41) is 0. The molecule has 22 heavy (non-hydrogen) atoms. The van der Waals surface area contributed by atoms with Gasteiger partial charge >= 0.3 is 0 Å². The van der Waals surface area contributed by atoms with E-state index in [9.17, 15) is 4.39 Å². The monoisotopic (exact) mass is 297 g/mol. The molecule has 3 aromatic rings. The summed E-state index contributed by atoms with van der Waals surface area (Å²) in [6.07, 6.45) is 10.4. The molecule has 114 valence electrons. The van der Waals surface area contributed by atoms with Gasteiger partial charge in [-0.15, -0.1) is 0 Å². The second-order valence-corrected chi connectivity index (χ2v) is 5.76. The van der Waals surface area contributed by atoms with Gasteiger partial charge in [-0.1, -0.05) is 26.7 Å². The number of rotatable bonds is 5. The minimum atomic E-state index is -0.320. The molecule has 1 atom stereocenters. The lowest BCUT2D eigenvalue weighted by Crippen LogP contribution is -1.99. The highest BCUT2D eigenvalue weighted by atomic mass is 19.1. The smallest absolute Gasteiger partial charge is 0.142 e. The molecule has 0 bridgehead atoms. The number of fused-ring (bicyclic) bond motifs is 1.